The van der Waals surface area contributed by atoms with Gasteiger partial charge in [0.25, 0.3) is 0 Å². The van der Waals surface area contributed by atoms with Crippen molar-refractivity contribution in [1.82, 2.24) is 0 Å². The SMILES string of the molecule is Cc1cc(N(C)C(=O)C(N)CC(=O)O)ccc1F. The fraction of sp³-hybridized carbons (Fsp3) is 0.333. The molecule has 6 heteroatoms. The highest BCUT2D eigenvalue weighted by atomic mass is 19.1. The summed E-state index contributed by atoms with van der Waals surface area (Å²) in [5.74, 6) is -2.03. The number of aryl methyl sites for hydroxylation is 1. The van der Waals surface area contributed by atoms with Gasteiger partial charge in [0, 0.05) is 12.7 Å². The molecule has 5 nitrogen and oxygen atoms in total. The lowest BCUT2D eigenvalue weighted by atomic mass is 10.1. The topological polar surface area (TPSA) is 83.6 Å². The Bertz CT molecular complexity index is 476. The zero-order chi connectivity index (χ0) is 13.9. The van der Waals surface area contributed by atoms with Crippen LogP contribution in [0.1, 0.15) is 12.0 Å². The summed E-state index contributed by atoms with van der Waals surface area (Å²) >= 11 is 0. The smallest absolute Gasteiger partial charge is 0.305 e. The Balaban J connectivity index is 2.85. The summed E-state index contributed by atoms with van der Waals surface area (Å²) in [6.07, 6.45) is -0.441. The Kier molecular flexibility index (Phi) is 4.38. The van der Waals surface area contributed by atoms with Crippen LogP contribution in [0.3, 0.4) is 0 Å². The second-order valence-electron chi connectivity index (χ2n) is 4.04. The first-order chi connectivity index (χ1) is 8.32. The molecule has 1 amide bonds. The minimum absolute atomic E-state index is 0.366. The van der Waals surface area contributed by atoms with Crippen LogP contribution in [0.15, 0.2) is 18.2 Å². The van der Waals surface area contributed by atoms with Crippen LogP contribution < -0.4 is 10.6 Å². The molecule has 0 aromatic heterocycles. The van der Waals surface area contributed by atoms with Gasteiger partial charge in [-0.1, -0.05) is 0 Å². The fourth-order valence-corrected chi connectivity index (χ4v) is 1.49. The van der Waals surface area contributed by atoms with Crippen molar-refractivity contribution in [3.05, 3.63) is 29.6 Å². The third kappa shape index (κ3) is 3.27. The van der Waals surface area contributed by atoms with Gasteiger partial charge in [-0.3, -0.25) is 9.59 Å². The highest BCUT2D eigenvalue weighted by Crippen LogP contribution is 2.18. The number of amides is 1. The summed E-state index contributed by atoms with van der Waals surface area (Å²) in [6, 6.07) is 3.07. The number of rotatable bonds is 4. The van der Waals surface area contributed by atoms with Crippen LogP contribution in [0.25, 0.3) is 0 Å². The molecule has 0 radical (unpaired) electrons. The van der Waals surface area contributed by atoms with Gasteiger partial charge in [0.1, 0.15) is 5.82 Å². The third-order valence-corrected chi connectivity index (χ3v) is 2.57. The molecule has 0 spiro atoms. The van der Waals surface area contributed by atoms with Crippen LogP contribution in [0.5, 0.6) is 0 Å². The van der Waals surface area contributed by atoms with E-state index in [1.165, 1.54) is 30.1 Å². The molecule has 0 aliphatic carbocycles. The van der Waals surface area contributed by atoms with Gasteiger partial charge in [-0.2, -0.15) is 0 Å². The van der Waals surface area contributed by atoms with E-state index in [4.69, 9.17) is 10.8 Å². The van der Waals surface area contributed by atoms with Crippen molar-refractivity contribution in [2.24, 2.45) is 5.73 Å². The monoisotopic (exact) mass is 254 g/mol. The van der Waals surface area contributed by atoms with E-state index in [2.05, 4.69) is 0 Å². The van der Waals surface area contributed by atoms with Gasteiger partial charge in [-0.15, -0.1) is 0 Å². The Morgan fingerprint density at radius 2 is 2.11 bits per heavy atom. The van der Waals surface area contributed by atoms with Gasteiger partial charge >= 0.3 is 5.97 Å². The van der Waals surface area contributed by atoms with Gasteiger partial charge in [0.05, 0.1) is 12.5 Å². The number of anilines is 1. The lowest BCUT2D eigenvalue weighted by molar-refractivity contribution is -0.139. The van der Waals surface area contributed by atoms with Crippen LogP contribution in [-0.4, -0.2) is 30.1 Å². The first-order valence-electron chi connectivity index (χ1n) is 5.34. The van der Waals surface area contributed by atoms with E-state index in [1.807, 2.05) is 0 Å². The van der Waals surface area contributed by atoms with Crippen LogP contribution in [0.2, 0.25) is 0 Å². The van der Waals surface area contributed by atoms with Crippen molar-refractivity contribution in [3.63, 3.8) is 0 Å². The molecule has 3 N–H and O–H groups in total. The Morgan fingerprint density at radius 1 is 1.50 bits per heavy atom. The number of halogens is 1. The second kappa shape index (κ2) is 5.59. The molecule has 1 unspecified atom stereocenters. The summed E-state index contributed by atoms with van der Waals surface area (Å²) in [7, 11) is 1.47. The highest BCUT2D eigenvalue weighted by Gasteiger charge is 2.21. The second-order valence-corrected chi connectivity index (χ2v) is 4.04. The first kappa shape index (κ1) is 14.1. The minimum atomic E-state index is -1.14. The molecule has 1 atom stereocenters. The molecular weight excluding hydrogens is 239 g/mol. The Hall–Kier alpha value is -1.95. The number of benzene rings is 1. The molecule has 1 aromatic carbocycles. The summed E-state index contributed by atoms with van der Waals surface area (Å²) in [4.78, 5) is 23.5. The third-order valence-electron chi connectivity index (χ3n) is 2.57. The van der Waals surface area contributed by atoms with Crippen LogP contribution in [0, 0.1) is 12.7 Å². The van der Waals surface area contributed by atoms with E-state index in [1.54, 1.807) is 6.92 Å². The van der Waals surface area contributed by atoms with E-state index < -0.39 is 24.3 Å². The fourth-order valence-electron chi connectivity index (χ4n) is 1.49. The molecule has 0 bridgehead atoms. The first-order valence-corrected chi connectivity index (χ1v) is 5.34. The molecular formula is C12H15FN2O3. The van der Waals surface area contributed by atoms with E-state index in [9.17, 15) is 14.0 Å². The Labute approximate surface area is 104 Å². The minimum Gasteiger partial charge on any atom is -0.481 e. The molecule has 98 valence electrons. The average molecular weight is 254 g/mol. The van der Waals surface area contributed by atoms with Gasteiger partial charge in [0.2, 0.25) is 5.91 Å². The zero-order valence-corrected chi connectivity index (χ0v) is 10.2. The van der Waals surface area contributed by atoms with E-state index >= 15 is 0 Å². The van der Waals surface area contributed by atoms with Crippen LogP contribution >= 0.6 is 0 Å². The maximum Gasteiger partial charge on any atom is 0.305 e. The quantitative estimate of drug-likeness (QED) is 0.836. The molecule has 1 aromatic rings. The van der Waals surface area contributed by atoms with Crippen LogP contribution in [0.4, 0.5) is 10.1 Å². The number of aliphatic carboxylic acids is 1. The molecule has 1 rings (SSSR count). The van der Waals surface area contributed by atoms with E-state index in [0.29, 0.717) is 11.3 Å². The predicted octanol–water partition coefficient (Wildman–Crippen LogP) is 0.899. The average Bonchev–Trinajstić information content (AvgIpc) is 2.30. The number of carbonyl (C=O) groups is 2. The molecule has 0 aliphatic heterocycles. The van der Waals surface area contributed by atoms with Gasteiger partial charge in [-0.05, 0) is 30.7 Å². The van der Waals surface area contributed by atoms with E-state index in [0.717, 1.165) is 0 Å². The number of carbonyl (C=O) groups excluding carboxylic acids is 1. The summed E-state index contributed by atoms with van der Waals surface area (Å²) in [6.45, 7) is 1.58. The van der Waals surface area contributed by atoms with Gasteiger partial charge in [0.15, 0.2) is 0 Å². The van der Waals surface area contributed by atoms with Gasteiger partial charge in [-0.25, -0.2) is 4.39 Å². The van der Waals surface area contributed by atoms with Crippen molar-refractivity contribution in [3.8, 4) is 0 Å². The number of carboxylic acid groups (broad SMARTS) is 1. The normalized spacial score (nSPS) is 12.0. The number of likely N-dealkylation sites (N-methyl/N-ethyl adjacent to an activating group) is 1. The van der Waals surface area contributed by atoms with Crippen molar-refractivity contribution >= 4 is 17.6 Å². The van der Waals surface area contributed by atoms with Crippen molar-refractivity contribution in [2.75, 3.05) is 11.9 Å². The number of carboxylic acids is 1. The molecule has 0 saturated carbocycles. The Morgan fingerprint density at radius 3 is 2.61 bits per heavy atom. The maximum absolute atomic E-state index is 13.1. The summed E-state index contributed by atoms with van der Waals surface area (Å²) in [5, 5.41) is 8.57. The van der Waals surface area contributed by atoms with Crippen LogP contribution in [-0.2, 0) is 9.59 Å². The molecule has 0 saturated heterocycles. The molecule has 0 fully saturated rings. The maximum atomic E-state index is 13.1. The van der Waals surface area contributed by atoms with Crippen molar-refractivity contribution < 1.29 is 19.1 Å². The number of hydrogen-bond donors (Lipinski definition) is 2. The largest absolute Gasteiger partial charge is 0.481 e. The summed E-state index contributed by atoms with van der Waals surface area (Å²) in [5.41, 5.74) is 6.35. The number of hydrogen-bond acceptors (Lipinski definition) is 3. The molecule has 0 heterocycles. The lowest BCUT2D eigenvalue weighted by Gasteiger charge is -2.21. The highest BCUT2D eigenvalue weighted by molar-refractivity contribution is 5.98. The number of nitrogens with zero attached hydrogens (tertiary/aromatic N) is 1. The zero-order valence-electron chi connectivity index (χ0n) is 10.2. The standard InChI is InChI=1S/C12H15FN2O3/c1-7-5-8(3-4-9(7)13)15(2)12(18)10(14)6-11(16)17/h3-5,10H,6,14H2,1-2H3,(H,16,17). The number of nitrogens with two attached hydrogens (primary N) is 1. The van der Waals surface area contributed by atoms with Crippen molar-refractivity contribution in [1.29, 1.82) is 0 Å². The van der Waals surface area contributed by atoms with Gasteiger partial charge < -0.3 is 15.7 Å². The summed E-state index contributed by atoms with van der Waals surface area (Å²) < 4.78 is 13.1. The predicted molar refractivity (Wildman–Crippen MR) is 64.8 cm³/mol. The molecule has 0 aliphatic rings. The lowest BCUT2D eigenvalue weighted by Crippen LogP contribution is -2.43. The van der Waals surface area contributed by atoms with E-state index in [-0.39, 0.29) is 5.82 Å². The van der Waals surface area contributed by atoms with Crippen molar-refractivity contribution in [2.45, 2.75) is 19.4 Å². The molecule has 18 heavy (non-hydrogen) atoms.